The number of anilines is 2. The number of nitrogens with one attached hydrogen (secondary N) is 3. The molecule has 5 nitrogen and oxygen atoms in total. The van der Waals surface area contributed by atoms with Crippen molar-refractivity contribution in [3.05, 3.63) is 89.7 Å². The number of carbonyl (C=O) groups is 1. The Hall–Kier alpha value is -3.45. The number of halogens is 1. The number of hydrogen-bond donors (Lipinski definition) is 3. The predicted molar refractivity (Wildman–Crippen MR) is 122 cm³/mol. The number of hydrogen-bond acceptors (Lipinski definition) is 3. The van der Waals surface area contributed by atoms with Crippen LogP contribution in [-0.2, 0) is 6.42 Å². The van der Waals surface area contributed by atoms with Gasteiger partial charge in [0.05, 0.1) is 12.7 Å². The topological polar surface area (TPSA) is 62.4 Å². The molecule has 1 amide bonds. The van der Waals surface area contributed by atoms with Crippen LogP contribution in [0.15, 0.2) is 72.8 Å². The van der Waals surface area contributed by atoms with Gasteiger partial charge in [-0.15, -0.1) is 0 Å². The number of carbonyl (C=O) groups excluding carboxylic acids is 1. The molecule has 0 fully saturated rings. The lowest BCUT2D eigenvalue weighted by atomic mass is 10.1. The van der Waals surface area contributed by atoms with E-state index in [4.69, 9.17) is 17.0 Å². The van der Waals surface area contributed by atoms with Gasteiger partial charge in [-0.25, -0.2) is 4.39 Å². The summed E-state index contributed by atoms with van der Waals surface area (Å²) in [4.78, 5) is 12.5. The largest absolute Gasteiger partial charge is 0.496 e. The summed E-state index contributed by atoms with van der Waals surface area (Å²) in [5.41, 5.74) is 2.95. The van der Waals surface area contributed by atoms with Crippen LogP contribution in [0.5, 0.6) is 5.75 Å². The average molecular weight is 424 g/mol. The molecule has 0 spiro atoms. The average Bonchev–Trinajstić information content (AvgIpc) is 2.76. The van der Waals surface area contributed by atoms with E-state index in [0.29, 0.717) is 28.7 Å². The molecule has 0 bridgehead atoms. The van der Waals surface area contributed by atoms with Gasteiger partial charge < -0.3 is 20.7 Å². The smallest absolute Gasteiger partial charge is 0.259 e. The highest BCUT2D eigenvalue weighted by Crippen LogP contribution is 2.20. The molecule has 154 valence electrons. The Morgan fingerprint density at radius 1 is 0.933 bits per heavy atom. The highest BCUT2D eigenvalue weighted by molar-refractivity contribution is 7.80. The molecule has 0 unspecified atom stereocenters. The van der Waals surface area contributed by atoms with Crippen LogP contribution in [-0.4, -0.2) is 24.7 Å². The minimum atomic E-state index is -0.244. The molecule has 0 saturated heterocycles. The normalized spacial score (nSPS) is 10.2. The van der Waals surface area contributed by atoms with Gasteiger partial charge in [0.1, 0.15) is 11.6 Å². The third kappa shape index (κ3) is 6.02. The summed E-state index contributed by atoms with van der Waals surface area (Å²) in [5.74, 6) is 0.0305. The molecule has 0 aliphatic rings. The van der Waals surface area contributed by atoms with Crippen molar-refractivity contribution in [3.63, 3.8) is 0 Å². The zero-order valence-electron chi connectivity index (χ0n) is 16.4. The summed E-state index contributed by atoms with van der Waals surface area (Å²) >= 11 is 5.30. The number of para-hydroxylation sites is 1. The molecule has 0 aliphatic heterocycles. The Kier molecular flexibility index (Phi) is 7.34. The van der Waals surface area contributed by atoms with Gasteiger partial charge in [0.25, 0.3) is 5.91 Å². The summed E-state index contributed by atoms with van der Waals surface area (Å²) in [6.45, 7) is 0.629. The lowest BCUT2D eigenvalue weighted by Gasteiger charge is -2.12. The fourth-order valence-electron chi connectivity index (χ4n) is 2.81. The first-order valence-corrected chi connectivity index (χ1v) is 9.80. The molecule has 0 aliphatic carbocycles. The van der Waals surface area contributed by atoms with E-state index in [1.54, 1.807) is 42.5 Å². The van der Waals surface area contributed by atoms with E-state index in [-0.39, 0.29) is 11.7 Å². The molecule has 0 radical (unpaired) electrons. The first-order chi connectivity index (χ1) is 14.5. The number of benzene rings is 3. The van der Waals surface area contributed by atoms with Crippen molar-refractivity contribution >= 4 is 34.6 Å². The Morgan fingerprint density at radius 2 is 1.57 bits per heavy atom. The first-order valence-electron chi connectivity index (χ1n) is 9.39. The van der Waals surface area contributed by atoms with Crippen molar-refractivity contribution in [1.82, 2.24) is 5.32 Å². The van der Waals surface area contributed by atoms with Gasteiger partial charge in [0, 0.05) is 17.9 Å². The first kappa shape index (κ1) is 21.3. The molecule has 3 N–H and O–H groups in total. The second kappa shape index (κ2) is 10.4. The number of methoxy groups -OCH3 is 1. The SMILES string of the molecule is COc1ccccc1C(=O)Nc1ccc(NC(=S)NCCc2ccc(F)cc2)cc1. The Morgan fingerprint density at radius 3 is 2.23 bits per heavy atom. The van der Waals surface area contributed by atoms with Gasteiger partial charge in [0.2, 0.25) is 0 Å². The summed E-state index contributed by atoms with van der Waals surface area (Å²) in [5, 5.41) is 9.55. The standard InChI is InChI=1S/C23H22FN3O2S/c1-29-21-5-3-2-4-20(21)22(28)26-18-10-12-19(13-11-18)27-23(30)25-15-14-16-6-8-17(24)9-7-16/h2-13H,14-15H2,1H3,(H,26,28)(H2,25,27,30). The summed E-state index contributed by atoms with van der Waals surface area (Å²) in [6, 6.07) is 20.7. The van der Waals surface area contributed by atoms with E-state index < -0.39 is 0 Å². The second-order valence-corrected chi connectivity index (χ2v) is 6.90. The number of amides is 1. The van der Waals surface area contributed by atoms with Crippen molar-refractivity contribution in [3.8, 4) is 5.75 Å². The van der Waals surface area contributed by atoms with E-state index in [1.165, 1.54) is 19.2 Å². The highest BCUT2D eigenvalue weighted by atomic mass is 32.1. The maximum atomic E-state index is 12.9. The van der Waals surface area contributed by atoms with Gasteiger partial charge in [-0.3, -0.25) is 4.79 Å². The maximum absolute atomic E-state index is 12.9. The van der Waals surface area contributed by atoms with Crippen LogP contribution < -0.4 is 20.7 Å². The van der Waals surface area contributed by atoms with Crippen molar-refractivity contribution < 1.29 is 13.9 Å². The fourth-order valence-corrected chi connectivity index (χ4v) is 3.03. The van der Waals surface area contributed by atoms with Crippen molar-refractivity contribution in [2.75, 3.05) is 24.3 Å². The lowest BCUT2D eigenvalue weighted by molar-refractivity contribution is 0.102. The van der Waals surface area contributed by atoms with Gasteiger partial charge >= 0.3 is 0 Å². The van der Waals surface area contributed by atoms with E-state index in [0.717, 1.165) is 17.7 Å². The molecule has 3 rings (SSSR count). The van der Waals surface area contributed by atoms with Gasteiger partial charge in [-0.1, -0.05) is 24.3 Å². The monoisotopic (exact) mass is 423 g/mol. The van der Waals surface area contributed by atoms with E-state index in [2.05, 4.69) is 16.0 Å². The molecule has 0 saturated carbocycles. The van der Waals surface area contributed by atoms with Crippen molar-refractivity contribution in [2.24, 2.45) is 0 Å². The van der Waals surface area contributed by atoms with Crippen molar-refractivity contribution in [1.29, 1.82) is 0 Å². The van der Waals surface area contributed by atoms with Crippen LogP contribution >= 0.6 is 12.2 Å². The van der Waals surface area contributed by atoms with Crippen LogP contribution in [0.1, 0.15) is 15.9 Å². The Balaban J connectivity index is 1.48. The molecule has 0 atom stereocenters. The zero-order valence-corrected chi connectivity index (χ0v) is 17.3. The van der Waals surface area contributed by atoms with E-state index >= 15 is 0 Å². The molecular weight excluding hydrogens is 401 g/mol. The highest BCUT2D eigenvalue weighted by Gasteiger charge is 2.11. The minimum Gasteiger partial charge on any atom is -0.496 e. The molecule has 7 heteroatoms. The predicted octanol–water partition coefficient (Wildman–Crippen LogP) is 4.62. The molecule has 0 heterocycles. The van der Waals surface area contributed by atoms with Gasteiger partial charge in [-0.2, -0.15) is 0 Å². The summed E-state index contributed by atoms with van der Waals surface area (Å²) in [7, 11) is 1.53. The lowest BCUT2D eigenvalue weighted by Crippen LogP contribution is -2.30. The van der Waals surface area contributed by atoms with Crippen LogP contribution in [0.4, 0.5) is 15.8 Å². The number of ether oxygens (including phenoxy) is 1. The van der Waals surface area contributed by atoms with Crippen LogP contribution in [0.2, 0.25) is 0 Å². The van der Waals surface area contributed by atoms with E-state index in [9.17, 15) is 9.18 Å². The quantitative estimate of drug-likeness (QED) is 0.484. The maximum Gasteiger partial charge on any atom is 0.259 e. The third-order valence-electron chi connectivity index (χ3n) is 4.36. The second-order valence-electron chi connectivity index (χ2n) is 6.49. The summed E-state index contributed by atoms with van der Waals surface area (Å²) in [6.07, 6.45) is 0.732. The number of thiocarbonyl (C=S) groups is 1. The zero-order chi connectivity index (χ0) is 21.3. The molecule has 30 heavy (non-hydrogen) atoms. The Bertz CT molecular complexity index is 1010. The minimum absolute atomic E-state index is 0.244. The molecule has 0 aromatic heterocycles. The molecule has 3 aromatic carbocycles. The Labute approximate surface area is 180 Å². The molecular formula is C23H22FN3O2S. The van der Waals surface area contributed by atoms with Crippen LogP contribution in [0, 0.1) is 5.82 Å². The fraction of sp³-hybridized carbons (Fsp3) is 0.130. The van der Waals surface area contributed by atoms with Gasteiger partial charge in [0.15, 0.2) is 5.11 Å². The van der Waals surface area contributed by atoms with Gasteiger partial charge in [-0.05, 0) is 72.7 Å². The summed E-state index contributed by atoms with van der Waals surface area (Å²) < 4.78 is 18.1. The molecule has 3 aromatic rings. The van der Waals surface area contributed by atoms with Crippen molar-refractivity contribution in [2.45, 2.75) is 6.42 Å². The van der Waals surface area contributed by atoms with Crippen LogP contribution in [0.25, 0.3) is 0 Å². The number of rotatable bonds is 7. The third-order valence-corrected chi connectivity index (χ3v) is 4.61. The van der Waals surface area contributed by atoms with Crippen LogP contribution in [0.3, 0.4) is 0 Å². The van der Waals surface area contributed by atoms with E-state index in [1.807, 2.05) is 18.2 Å².